The summed E-state index contributed by atoms with van der Waals surface area (Å²) in [5.41, 5.74) is 2.50. The molecule has 3 rings (SSSR count). The number of fused-ring (bicyclic) bond motifs is 1. The number of carbonyl (C=O) groups is 2. The molecular weight excluding hydrogens is 531 g/mol. The van der Waals surface area contributed by atoms with E-state index in [0.717, 1.165) is 3.57 Å². The van der Waals surface area contributed by atoms with Crippen molar-refractivity contribution in [2.24, 2.45) is 5.92 Å². The van der Waals surface area contributed by atoms with Crippen LogP contribution in [0.3, 0.4) is 0 Å². The lowest BCUT2D eigenvalue weighted by Gasteiger charge is -2.25. The first-order valence-corrected chi connectivity index (χ1v) is 10.9. The van der Waals surface area contributed by atoms with E-state index in [1.807, 2.05) is 6.92 Å². The number of phenolic OH excluding ortho intramolecular Hbond substituents is 1. The Morgan fingerprint density at radius 1 is 1.22 bits per heavy atom. The second-order valence-corrected chi connectivity index (χ2v) is 8.40. The Labute approximate surface area is 198 Å². The third kappa shape index (κ3) is 6.26. The largest absolute Gasteiger partial charge is 0.508 e. The molecule has 0 aromatic heterocycles. The highest BCUT2D eigenvalue weighted by Gasteiger charge is 2.26. The van der Waals surface area contributed by atoms with Crippen LogP contribution in [0.1, 0.15) is 31.4 Å². The van der Waals surface area contributed by atoms with Crippen molar-refractivity contribution in [3.8, 4) is 17.2 Å². The number of carbonyl (C=O) groups excluding carboxylic acids is 2. The van der Waals surface area contributed by atoms with Crippen LogP contribution < -0.4 is 20.3 Å². The van der Waals surface area contributed by atoms with Crippen LogP contribution in [0.4, 0.5) is 10.5 Å². The number of benzene rings is 2. The second-order valence-electron chi connectivity index (χ2n) is 7.16. The van der Waals surface area contributed by atoms with Gasteiger partial charge in [-0.05, 0) is 71.7 Å². The highest BCUT2D eigenvalue weighted by Crippen LogP contribution is 2.37. The van der Waals surface area contributed by atoms with Gasteiger partial charge in [0, 0.05) is 27.0 Å². The molecule has 1 aliphatic rings. The van der Waals surface area contributed by atoms with E-state index in [1.165, 1.54) is 11.6 Å². The van der Waals surface area contributed by atoms with E-state index in [4.69, 9.17) is 19.4 Å². The molecule has 1 heterocycles. The van der Waals surface area contributed by atoms with Gasteiger partial charge in [0.05, 0.1) is 0 Å². The smallest absolute Gasteiger partial charge is 0.412 e. The van der Waals surface area contributed by atoms with Gasteiger partial charge < -0.3 is 19.3 Å². The fourth-order valence-corrected chi connectivity index (χ4v) is 3.73. The van der Waals surface area contributed by atoms with Gasteiger partial charge in [-0.25, -0.2) is 10.3 Å². The van der Waals surface area contributed by atoms with Gasteiger partial charge in [-0.1, -0.05) is 13.0 Å². The molecule has 2 aromatic carbocycles. The predicted molar refractivity (Wildman–Crippen MR) is 124 cm³/mol. The highest BCUT2D eigenvalue weighted by atomic mass is 127. The minimum absolute atomic E-state index is 0.0216. The van der Waals surface area contributed by atoms with Crippen molar-refractivity contribution < 1.29 is 34.1 Å². The van der Waals surface area contributed by atoms with Gasteiger partial charge in [0.25, 0.3) is 5.91 Å². The summed E-state index contributed by atoms with van der Waals surface area (Å²) in [5, 5.41) is 21.6. The van der Waals surface area contributed by atoms with Gasteiger partial charge in [-0.15, -0.1) is 0 Å². The van der Waals surface area contributed by atoms with E-state index in [-0.39, 0.29) is 18.5 Å². The van der Waals surface area contributed by atoms with Crippen LogP contribution in [-0.4, -0.2) is 29.1 Å². The number of aromatic hydroxyl groups is 1. The Hall–Kier alpha value is -2.99. The average Bonchev–Trinajstić information content (AvgIpc) is 3.24. The Morgan fingerprint density at radius 3 is 2.78 bits per heavy atom. The zero-order chi connectivity index (χ0) is 23.1. The van der Waals surface area contributed by atoms with Crippen molar-refractivity contribution in [3.63, 3.8) is 0 Å². The van der Waals surface area contributed by atoms with Crippen molar-refractivity contribution in [1.29, 1.82) is 0 Å². The van der Waals surface area contributed by atoms with E-state index >= 15 is 0 Å². The summed E-state index contributed by atoms with van der Waals surface area (Å²) in [6, 6.07) is 10.1. The molecule has 170 valence electrons. The number of nitrogens with one attached hydrogen (secondary N) is 2. The van der Waals surface area contributed by atoms with E-state index in [2.05, 4.69) is 27.9 Å². The molecule has 0 aliphatic carbocycles. The number of halogens is 1. The van der Waals surface area contributed by atoms with E-state index in [0.29, 0.717) is 35.6 Å². The lowest BCUT2D eigenvalue weighted by molar-refractivity contribution is -0.124. The molecule has 9 nitrogen and oxygen atoms in total. The minimum Gasteiger partial charge on any atom is -0.508 e. The third-order valence-electron chi connectivity index (χ3n) is 4.83. The van der Waals surface area contributed by atoms with Crippen LogP contribution in [-0.2, 0) is 9.53 Å². The lowest BCUT2D eigenvalue weighted by atomic mass is 9.92. The van der Waals surface area contributed by atoms with Gasteiger partial charge in [0.15, 0.2) is 11.5 Å². The summed E-state index contributed by atoms with van der Waals surface area (Å²) in [4.78, 5) is 23.8. The van der Waals surface area contributed by atoms with Gasteiger partial charge in [-0.2, -0.15) is 0 Å². The normalized spacial score (nSPS) is 14.1. The third-order valence-corrected chi connectivity index (χ3v) is 5.50. The minimum atomic E-state index is -0.737. The molecule has 10 heteroatoms. The van der Waals surface area contributed by atoms with Crippen LogP contribution in [0.5, 0.6) is 17.2 Å². The van der Waals surface area contributed by atoms with Crippen molar-refractivity contribution in [2.45, 2.75) is 25.9 Å². The molecular formula is C22H23IN2O7. The number of ether oxygens (including phenoxy) is 3. The zero-order valence-electron chi connectivity index (χ0n) is 17.2. The van der Waals surface area contributed by atoms with Gasteiger partial charge in [0.2, 0.25) is 6.79 Å². The molecule has 0 saturated heterocycles. The Bertz CT molecular complexity index is 1010. The molecule has 1 aliphatic heterocycles. The number of amides is 2. The van der Waals surface area contributed by atoms with Crippen LogP contribution in [0.2, 0.25) is 0 Å². The van der Waals surface area contributed by atoms with Crippen molar-refractivity contribution in [1.82, 2.24) is 5.48 Å². The first kappa shape index (κ1) is 23.7. The molecule has 2 amide bonds. The summed E-state index contributed by atoms with van der Waals surface area (Å²) >= 11 is 2.12. The number of anilines is 1. The fourth-order valence-electron chi connectivity index (χ4n) is 3.21. The highest BCUT2D eigenvalue weighted by molar-refractivity contribution is 14.1. The maximum absolute atomic E-state index is 12.7. The Kier molecular flexibility index (Phi) is 8.17. The molecule has 0 spiro atoms. The number of rotatable bonds is 8. The molecule has 4 N–H and O–H groups in total. The topological polar surface area (TPSA) is 126 Å². The zero-order valence-corrected chi connectivity index (χ0v) is 19.4. The summed E-state index contributed by atoms with van der Waals surface area (Å²) in [7, 11) is 0. The predicted octanol–water partition coefficient (Wildman–Crippen LogP) is 4.49. The van der Waals surface area contributed by atoms with Crippen molar-refractivity contribution in [3.05, 3.63) is 57.7 Å². The molecule has 2 atom stereocenters. The molecule has 0 saturated carbocycles. The quantitative estimate of drug-likeness (QED) is 0.164. The average molecular weight is 554 g/mol. The summed E-state index contributed by atoms with van der Waals surface area (Å²) < 4.78 is 17.2. The SMILES string of the molecule is C[C@@H](CC/C=C/C(=O)NO)[C@H](OC(=O)Nc1ccc2c(c1)OCO2)c1cc(I)ccc1O. The number of hydrogen-bond donors (Lipinski definition) is 4. The summed E-state index contributed by atoms with van der Waals surface area (Å²) in [6.07, 6.45) is 2.47. The van der Waals surface area contributed by atoms with Crippen molar-refractivity contribution in [2.75, 3.05) is 12.1 Å². The van der Waals surface area contributed by atoms with Crippen molar-refractivity contribution >= 4 is 40.3 Å². The number of hydroxylamine groups is 1. The van der Waals surface area contributed by atoms with Gasteiger partial charge in [-0.3, -0.25) is 15.3 Å². The van der Waals surface area contributed by atoms with E-state index in [1.54, 1.807) is 42.5 Å². The van der Waals surface area contributed by atoms with Gasteiger partial charge in [0.1, 0.15) is 11.9 Å². The van der Waals surface area contributed by atoms with Crippen LogP contribution in [0.15, 0.2) is 48.6 Å². The van der Waals surface area contributed by atoms with Crippen LogP contribution in [0, 0.1) is 9.49 Å². The number of phenols is 1. The molecule has 0 bridgehead atoms. The Morgan fingerprint density at radius 2 is 2.00 bits per heavy atom. The first-order chi connectivity index (χ1) is 15.4. The molecule has 2 aromatic rings. The molecule has 0 fully saturated rings. The maximum Gasteiger partial charge on any atom is 0.412 e. The first-order valence-electron chi connectivity index (χ1n) is 9.83. The lowest BCUT2D eigenvalue weighted by Crippen LogP contribution is -2.22. The molecule has 0 unspecified atom stereocenters. The summed E-state index contributed by atoms with van der Waals surface area (Å²) in [5.74, 6) is 0.337. The molecule has 32 heavy (non-hydrogen) atoms. The van der Waals surface area contributed by atoms with Crippen LogP contribution >= 0.6 is 22.6 Å². The summed E-state index contributed by atoms with van der Waals surface area (Å²) in [6.45, 7) is 2.01. The van der Waals surface area contributed by atoms with E-state index in [9.17, 15) is 14.7 Å². The molecule has 0 radical (unpaired) electrons. The monoisotopic (exact) mass is 554 g/mol. The second kappa shape index (κ2) is 11.0. The standard InChI is InChI=1S/C22H23IN2O7/c1-13(4-2-3-5-20(27)25-29)21(16-10-14(23)6-8-17(16)26)32-22(28)24-15-7-9-18-19(11-15)31-12-30-18/h3,5-11,13,21,26,29H,2,4,12H2,1H3,(H,24,28)(H,25,27)/b5-3+/t13-,21-/m0/s1. The fraction of sp³-hybridized carbons (Fsp3) is 0.273. The number of hydrogen-bond acceptors (Lipinski definition) is 7. The van der Waals surface area contributed by atoms with Gasteiger partial charge >= 0.3 is 6.09 Å². The van der Waals surface area contributed by atoms with Crippen LogP contribution in [0.25, 0.3) is 0 Å². The maximum atomic E-state index is 12.7. The number of allylic oxidation sites excluding steroid dienone is 1. The Balaban J connectivity index is 1.72. The van der Waals surface area contributed by atoms with E-state index < -0.39 is 18.1 Å².